The number of nitrogens with zero attached hydrogens (tertiary/aromatic N) is 1. The Morgan fingerprint density at radius 3 is 2.02 bits per heavy atom. The number of furan rings is 1. The van der Waals surface area contributed by atoms with Crippen LogP contribution in [0.4, 0.5) is 17.1 Å². The number of benzene rings is 8. The van der Waals surface area contributed by atoms with Crippen LogP contribution in [0.25, 0.3) is 75.1 Å². The van der Waals surface area contributed by atoms with Crippen molar-refractivity contribution < 1.29 is 4.42 Å². The van der Waals surface area contributed by atoms with E-state index in [1.165, 1.54) is 36.7 Å². The van der Waals surface area contributed by atoms with Gasteiger partial charge < -0.3 is 9.32 Å². The lowest BCUT2D eigenvalue weighted by Crippen LogP contribution is -2.11. The molecule has 0 unspecified atom stereocenters. The van der Waals surface area contributed by atoms with Crippen molar-refractivity contribution in [2.75, 3.05) is 4.90 Å². The third kappa shape index (κ3) is 4.55. The molecule has 2 heterocycles. The molecule has 0 aliphatic heterocycles. The molecule has 2 nitrogen and oxygen atoms in total. The Morgan fingerprint density at radius 1 is 0.429 bits per heavy atom. The van der Waals surface area contributed by atoms with Crippen molar-refractivity contribution >= 4 is 81.3 Å². The fourth-order valence-electron chi connectivity index (χ4n) is 7.39. The van der Waals surface area contributed by atoms with Gasteiger partial charge in [-0.25, -0.2) is 0 Å². The van der Waals surface area contributed by atoms with Crippen LogP contribution in [0.1, 0.15) is 0 Å². The molecule has 0 atom stereocenters. The van der Waals surface area contributed by atoms with E-state index in [1.54, 1.807) is 0 Å². The van der Waals surface area contributed by atoms with Gasteiger partial charge in [-0.3, -0.25) is 0 Å². The van der Waals surface area contributed by atoms with Crippen molar-refractivity contribution in [1.82, 2.24) is 0 Å². The van der Waals surface area contributed by atoms with E-state index < -0.39 is 0 Å². The van der Waals surface area contributed by atoms with Crippen LogP contribution < -0.4 is 4.90 Å². The molecule has 10 rings (SSSR count). The normalized spacial score (nSPS) is 11.7. The molecule has 10 aromatic rings. The zero-order chi connectivity index (χ0) is 32.3. The zero-order valence-corrected chi connectivity index (χ0v) is 27.3. The van der Waals surface area contributed by atoms with Gasteiger partial charge in [0.25, 0.3) is 0 Å². The Hall–Kier alpha value is -6.16. The molecule has 0 bridgehead atoms. The Labute approximate surface area is 287 Å². The fourth-order valence-corrected chi connectivity index (χ4v) is 8.47. The number of anilines is 3. The molecule has 0 spiro atoms. The number of rotatable bonds is 5. The highest BCUT2D eigenvalue weighted by atomic mass is 32.1. The molecule has 8 aromatic carbocycles. The summed E-state index contributed by atoms with van der Waals surface area (Å²) in [7, 11) is 0. The van der Waals surface area contributed by atoms with E-state index in [9.17, 15) is 0 Å². The van der Waals surface area contributed by atoms with Crippen molar-refractivity contribution in [3.63, 3.8) is 0 Å². The second kappa shape index (κ2) is 11.2. The summed E-state index contributed by atoms with van der Waals surface area (Å²) in [6.45, 7) is 0. The first kappa shape index (κ1) is 27.9. The van der Waals surface area contributed by atoms with E-state index in [-0.39, 0.29) is 0 Å². The molecule has 230 valence electrons. The first-order chi connectivity index (χ1) is 24.3. The van der Waals surface area contributed by atoms with Crippen LogP contribution in [-0.4, -0.2) is 0 Å². The van der Waals surface area contributed by atoms with Crippen LogP contribution in [0.3, 0.4) is 0 Å². The van der Waals surface area contributed by atoms with Crippen molar-refractivity contribution in [3.05, 3.63) is 176 Å². The van der Waals surface area contributed by atoms with Gasteiger partial charge in [0.2, 0.25) is 0 Å². The van der Waals surface area contributed by atoms with E-state index in [4.69, 9.17) is 4.42 Å². The predicted molar refractivity (Wildman–Crippen MR) is 210 cm³/mol. The highest BCUT2D eigenvalue weighted by Gasteiger charge is 2.21. The van der Waals surface area contributed by atoms with Crippen LogP contribution in [-0.2, 0) is 0 Å². The monoisotopic (exact) mass is 643 g/mol. The Bertz CT molecular complexity index is 2830. The minimum atomic E-state index is 0.893. The van der Waals surface area contributed by atoms with Gasteiger partial charge in [0.1, 0.15) is 11.2 Å². The minimum Gasteiger partial charge on any atom is -0.455 e. The standard InChI is InChI=1S/C46H29NOS/c1-2-12-33(13-3-1)47(34-25-21-30(22-26-34)32-24-28-44-40(29-32)37-16-7-9-20-43(37)49-44)41-18-8-6-15-36(41)38-17-10-19-42-45(38)39-27-23-31-11-4-5-14-35(31)46(39)48-42/h1-29H. The van der Waals surface area contributed by atoms with E-state index >= 15 is 0 Å². The molecular formula is C46H29NOS. The molecule has 0 radical (unpaired) electrons. The molecule has 0 fully saturated rings. The van der Waals surface area contributed by atoms with E-state index in [1.807, 2.05) is 11.3 Å². The molecule has 49 heavy (non-hydrogen) atoms. The maximum atomic E-state index is 6.58. The van der Waals surface area contributed by atoms with Gasteiger partial charge in [0, 0.05) is 53.3 Å². The Balaban J connectivity index is 1.13. The topological polar surface area (TPSA) is 16.4 Å². The van der Waals surface area contributed by atoms with Crippen molar-refractivity contribution in [2.45, 2.75) is 0 Å². The van der Waals surface area contributed by atoms with E-state index in [0.717, 1.165) is 55.5 Å². The van der Waals surface area contributed by atoms with Gasteiger partial charge in [-0.05, 0) is 82.7 Å². The fraction of sp³-hybridized carbons (Fsp3) is 0. The Kier molecular flexibility index (Phi) is 6.39. The van der Waals surface area contributed by atoms with Crippen LogP contribution in [0.5, 0.6) is 0 Å². The van der Waals surface area contributed by atoms with Gasteiger partial charge >= 0.3 is 0 Å². The third-order valence-corrected chi connectivity index (χ3v) is 10.8. The highest BCUT2D eigenvalue weighted by molar-refractivity contribution is 7.25. The second-order valence-electron chi connectivity index (χ2n) is 12.5. The van der Waals surface area contributed by atoms with Crippen LogP contribution in [0.2, 0.25) is 0 Å². The van der Waals surface area contributed by atoms with E-state index in [0.29, 0.717) is 0 Å². The molecule has 0 aliphatic rings. The summed E-state index contributed by atoms with van der Waals surface area (Å²) in [5, 5.41) is 7.21. The molecule has 0 aliphatic carbocycles. The van der Waals surface area contributed by atoms with Crippen LogP contribution >= 0.6 is 11.3 Å². The summed E-state index contributed by atoms with van der Waals surface area (Å²) in [5.41, 5.74) is 9.85. The largest absolute Gasteiger partial charge is 0.455 e. The number of hydrogen-bond donors (Lipinski definition) is 0. The lowest BCUT2D eigenvalue weighted by molar-refractivity contribution is 0.673. The van der Waals surface area contributed by atoms with Crippen LogP contribution in [0.15, 0.2) is 180 Å². The predicted octanol–water partition coefficient (Wildman–Crippen LogP) is 13.9. The van der Waals surface area contributed by atoms with Crippen molar-refractivity contribution in [1.29, 1.82) is 0 Å². The first-order valence-electron chi connectivity index (χ1n) is 16.6. The second-order valence-corrected chi connectivity index (χ2v) is 13.6. The average molecular weight is 644 g/mol. The average Bonchev–Trinajstić information content (AvgIpc) is 3.74. The molecule has 0 saturated heterocycles. The summed E-state index contributed by atoms with van der Waals surface area (Å²) in [6, 6.07) is 63.2. The minimum absolute atomic E-state index is 0.893. The zero-order valence-electron chi connectivity index (χ0n) is 26.5. The third-order valence-electron chi connectivity index (χ3n) is 9.67. The summed E-state index contributed by atoms with van der Waals surface area (Å²) in [4.78, 5) is 2.37. The van der Waals surface area contributed by atoms with Crippen molar-refractivity contribution in [3.8, 4) is 22.3 Å². The molecule has 2 aromatic heterocycles. The molecule has 0 N–H and O–H groups in total. The molecule has 0 amide bonds. The Morgan fingerprint density at radius 2 is 1.12 bits per heavy atom. The molecule has 3 heteroatoms. The SMILES string of the molecule is c1ccc(N(c2ccc(-c3ccc4sc5ccccc5c4c3)cc2)c2ccccc2-c2cccc3oc4c5ccccc5ccc4c23)cc1. The summed E-state index contributed by atoms with van der Waals surface area (Å²) in [5.74, 6) is 0. The van der Waals surface area contributed by atoms with Crippen molar-refractivity contribution in [2.24, 2.45) is 0 Å². The molecule has 0 saturated carbocycles. The van der Waals surface area contributed by atoms with Gasteiger partial charge in [0.15, 0.2) is 0 Å². The van der Waals surface area contributed by atoms with Gasteiger partial charge in [0.05, 0.1) is 5.69 Å². The maximum Gasteiger partial charge on any atom is 0.143 e. The highest BCUT2D eigenvalue weighted by Crippen LogP contribution is 2.46. The van der Waals surface area contributed by atoms with Gasteiger partial charge in [-0.15, -0.1) is 11.3 Å². The molecular weight excluding hydrogens is 615 g/mol. The lowest BCUT2D eigenvalue weighted by atomic mass is 9.96. The summed E-state index contributed by atoms with van der Waals surface area (Å²) >= 11 is 1.86. The number of hydrogen-bond acceptors (Lipinski definition) is 3. The lowest BCUT2D eigenvalue weighted by Gasteiger charge is -2.28. The first-order valence-corrected chi connectivity index (χ1v) is 17.4. The number of fused-ring (bicyclic) bond motifs is 8. The van der Waals surface area contributed by atoms with Gasteiger partial charge in [-0.1, -0.05) is 115 Å². The number of thiophene rings is 1. The van der Waals surface area contributed by atoms with Crippen LogP contribution in [0, 0.1) is 0 Å². The maximum absolute atomic E-state index is 6.58. The van der Waals surface area contributed by atoms with Gasteiger partial charge in [-0.2, -0.15) is 0 Å². The van der Waals surface area contributed by atoms with E-state index in [2.05, 4.69) is 181 Å². The quantitative estimate of drug-likeness (QED) is 0.186. The summed E-state index contributed by atoms with van der Waals surface area (Å²) < 4.78 is 9.23. The summed E-state index contributed by atoms with van der Waals surface area (Å²) in [6.07, 6.45) is 0. The smallest absolute Gasteiger partial charge is 0.143 e. The number of para-hydroxylation sites is 2.